The maximum absolute atomic E-state index is 13.0. The SMILES string of the molecule is O=C(c1ccco1)N(Cc1nccn1Cc1ccc(C(F)(F)F)cc1)CC1CCCO1. The van der Waals surface area contributed by atoms with Gasteiger partial charge in [-0.1, -0.05) is 12.1 Å². The van der Waals surface area contributed by atoms with Crippen LogP contribution in [0.4, 0.5) is 13.2 Å². The van der Waals surface area contributed by atoms with Crippen molar-refractivity contribution in [3.05, 3.63) is 77.8 Å². The number of furan rings is 1. The van der Waals surface area contributed by atoms with Gasteiger partial charge in [0.15, 0.2) is 5.76 Å². The molecule has 0 spiro atoms. The highest BCUT2D eigenvalue weighted by Gasteiger charge is 2.30. The fourth-order valence-corrected chi connectivity index (χ4v) is 3.61. The summed E-state index contributed by atoms with van der Waals surface area (Å²) in [6, 6.07) is 8.30. The second kappa shape index (κ2) is 8.97. The van der Waals surface area contributed by atoms with Gasteiger partial charge in [0.05, 0.1) is 24.5 Å². The highest BCUT2D eigenvalue weighted by Crippen LogP contribution is 2.29. The van der Waals surface area contributed by atoms with E-state index < -0.39 is 11.7 Å². The minimum absolute atomic E-state index is 0.0442. The molecule has 31 heavy (non-hydrogen) atoms. The lowest BCUT2D eigenvalue weighted by molar-refractivity contribution is -0.137. The topological polar surface area (TPSA) is 60.5 Å². The number of aromatic nitrogens is 2. The molecule has 0 N–H and O–H groups in total. The Bertz CT molecular complexity index is 991. The Morgan fingerprint density at radius 2 is 2.03 bits per heavy atom. The summed E-state index contributed by atoms with van der Waals surface area (Å²) in [5, 5.41) is 0. The molecule has 6 nitrogen and oxygen atoms in total. The maximum Gasteiger partial charge on any atom is 0.416 e. The Kier molecular flexibility index (Phi) is 6.13. The van der Waals surface area contributed by atoms with Crippen LogP contribution in [0.1, 0.15) is 40.3 Å². The van der Waals surface area contributed by atoms with E-state index in [4.69, 9.17) is 9.15 Å². The van der Waals surface area contributed by atoms with E-state index in [0.717, 1.165) is 25.0 Å². The van der Waals surface area contributed by atoms with Crippen molar-refractivity contribution in [1.29, 1.82) is 0 Å². The van der Waals surface area contributed by atoms with E-state index >= 15 is 0 Å². The Morgan fingerprint density at radius 3 is 2.68 bits per heavy atom. The van der Waals surface area contributed by atoms with Gasteiger partial charge in [-0.25, -0.2) is 4.98 Å². The first-order chi connectivity index (χ1) is 14.9. The third kappa shape index (κ3) is 5.16. The molecule has 2 aromatic heterocycles. The van der Waals surface area contributed by atoms with Crippen LogP contribution in [0.3, 0.4) is 0 Å². The molecule has 1 fully saturated rings. The monoisotopic (exact) mass is 433 g/mol. The highest BCUT2D eigenvalue weighted by molar-refractivity contribution is 5.91. The first kappa shape index (κ1) is 21.2. The van der Waals surface area contributed by atoms with Crippen molar-refractivity contribution in [2.24, 2.45) is 0 Å². The quantitative estimate of drug-likeness (QED) is 0.555. The van der Waals surface area contributed by atoms with Crippen LogP contribution in [0.15, 0.2) is 59.5 Å². The van der Waals surface area contributed by atoms with Crippen LogP contribution < -0.4 is 0 Å². The number of nitrogens with zero attached hydrogens (tertiary/aromatic N) is 3. The van der Waals surface area contributed by atoms with Crippen molar-refractivity contribution in [1.82, 2.24) is 14.5 Å². The number of ether oxygens (including phenoxy) is 1. The standard InChI is InChI=1S/C22H22F3N3O3/c23-22(24,25)17-7-5-16(6-8-17)13-27-10-9-26-20(27)15-28(14-18-3-1-11-30-18)21(29)19-4-2-12-31-19/h2,4-10,12,18H,1,3,11,13-15H2. The molecular weight excluding hydrogens is 411 g/mol. The number of benzene rings is 1. The number of halogens is 3. The summed E-state index contributed by atoms with van der Waals surface area (Å²) < 4.78 is 51.2. The van der Waals surface area contributed by atoms with Gasteiger partial charge in [0, 0.05) is 32.1 Å². The fourth-order valence-electron chi connectivity index (χ4n) is 3.61. The molecule has 164 valence electrons. The van der Waals surface area contributed by atoms with Crippen molar-refractivity contribution in [3.63, 3.8) is 0 Å². The molecule has 9 heteroatoms. The van der Waals surface area contributed by atoms with Crippen LogP contribution >= 0.6 is 0 Å². The minimum atomic E-state index is -4.37. The predicted molar refractivity (Wildman–Crippen MR) is 105 cm³/mol. The molecule has 1 unspecified atom stereocenters. The smallest absolute Gasteiger partial charge is 0.416 e. The number of rotatable bonds is 7. The number of carbonyl (C=O) groups excluding carboxylic acids is 1. The summed E-state index contributed by atoms with van der Waals surface area (Å²) in [5.41, 5.74) is 0.0178. The summed E-state index contributed by atoms with van der Waals surface area (Å²) >= 11 is 0. The normalized spacial score (nSPS) is 16.5. The van der Waals surface area contributed by atoms with E-state index in [1.54, 1.807) is 29.4 Å². The molecule has 1 saturated heterocycles. The van der Waals surface area contributed by atoms with Gasteiger partial charge < -0.3 is 18.6 Å². The molecule has 3 heterocycles. The van der Waals surface area contributed by atoms with Crippen molar-refractivity contribution in [2.45, 2.75) is 38.2 Å². The lowest BCUT2D eigenvalue weighted by atomic mass is 10.1. The molecule has 1 aliphatic heterocycles. The zero-order valence-corrected chi connectivity index (χ0v) is 16.7. The van der Waals surface area contributed by atoms with E-state index in [0.29, 0.717) is 31.1 Å². The van der Waals surface area contributed by atoms with Gasteiger partial charge in [-0.15, -0.1) is 0 Å². The number of amides is 1. The molecule has 0 saturated carbocycles. The Morgan fingerprint density at radius 1 is 1.23 bits per heavy atom. The number of carbonyl (C=O) groups is 1. The molecule has 1 aromatic carbocycles. The van der Waals surface area contributed by atoms with Crippen molar-refractivity contribution < 1.29 is 27.1 Å². The molecule has 3 aromatic rings. The van der Waals surface area contributed by atoms with Crippen molar-refractivity contribution in [2.75, 3.05) is 13.2 Å². The van der Waals surface area contributed by atoms with Gasteiger partial charge in [0.1, 0.15) is 5.82 Å². The predicted octanol–water partition coefficient (Wildman–Crippen LogP) is 4.36. The van der Waals surface area contributed by atoms with Crippen LogP contribution in [0.5, 0.6) is 0 Å². The molecule has 0 radical (unpaired) electrons. The summed E-state index contributed by atoms with van der Waals surface area (Å²) in [4.78, 5) is 19.0. The summed E-state index contributed by atoms with van der Waals surface area (Å²) in [7, 11) is 0. The second-order valence-electron chi connectivity index (χ2n) is 7.46. The van der Waals surface area contributed by atoms with Gasteiger partial charge in [0.25, 0.3) is 5.91 Å². The van der Waals surface area contributed by atoms with E-state index in [1.807, 2.05) is 4.57 Å². The van der Waals surface area contributed by atoms with Gasteiger partial charge in [-0.2, -0.15) is 13.2 Å². The molecular formula is C22H22F3N3O3. The molecule has 1 atom stereocenters. The largest absolute Gasteiger partial charge is 0.459 e. The Labute approximate surface area is 177 Å². The molecule has 0 bridgehead atoms. The first-order valence-corrected chi connectivity index (χ1v) is 10.0. The average molecular weight is 433 g/mol. The van der Waals surface area contributed by atoms with Gasteiger partial charge in [-0.05, 0) is 42.7 Å². The molecule has 0 aliphatic carbocycles. The highest BCUT2D eigenvalue weighted by atomic mass is 19.4. The van der Waals surface area contributed by atoms with Crippen molar-refractivity contribution >= 4 is 5.91 Å². The summed E-state index contributed by atoms with van der Waals surface area (Å²) in [6.07, 6.45) is 2.22. The number of imidazole rings is 1. The van der Waals surface area contributed by atoms with Crippen LogP contribution in [-0.4, -0.2) is 39.6 Å². The lowest BCUT2D eigenvalue weighted by Crippen LogP contribution is -2.37. The average Bonchev–Trinajstić information content (AvgIpc) is 3.51. The first-order valence-electron chi connectivity index (χ1n) is 10.0. The maximum atomic E-state index is 13.0. The summed E-state index contributed by atoms with van der Waals surface area (Å²) in [5.74, 6) is 0.598. The molecule has 4 rings (SSSR count). The third-order valence-corrected chi connectivity index (χ3v) is 5.24. The van der Waals surface area contributed by atoms with Crippen LogP contribution in [0.2, 0.25) is 0 Å². The van der Waals surface area contributed by atoms with Crippen LogP contribution in [-0.2, 0) is 24.0 Å². The van der Waals surface area contributed by atoms with Crippen LogP contribution in [0, 0.1) is 0 Å². The Balaban J connectivity index is 1.50. The van der Waals surface area contributed by atoms with E-state index in [-0.39, 0.29) is 24.3 Å². The van der Waals surface area contributed by atoms with E-state index in [2.05, 4.69) is 4.98 Å². The zero-order chi connectivity index (χ0) is 21.8. The minimum Gasteiger partial charge on any atom is -0.459 e. The van der Waals surface area contributed by atoms with Crippen molar-refractivity contribution in [3.8, 4) is 0 Å². The third-order valence-electron chi connectivity index (χ3n) is 5.24. The summed E-state index contributed by atoms with van der Waals surface area (Å²) in [6.45, 7) is 1.66. The van der Waals surface area contributed by atoms with Gasteiger partial charge >= 0.3 is 6.18 Å². The van der Waals surface area contributed by atoms with E-state index in [9.17, 15) is 18.0 Å². The number of hydrogen-bond acceptors (Lipinski definition) is 4. The Hall–Kier alpha value is -3.07. The van der Waals surface area contributed by atoms with E-state index in [1.165, 1.54) is 18.4 Å². The number of hydrogen-bond donors (Lipinski definition) is 0. The zero-order valence-electron chi connectivity index (χ0n) is 16.7. The fraction of sp³-hybridized carbons (Fsp3) is 0.364. The lowest BCUT2D eigenvalue weighted by Gasteiger charge is -2.24. The van der Waals surface area contributed by atoms with Gasteiger partial charge in [0.2, 0.25) is 0 Å². The van der Waals surface area contributed by atoms with Crippen LogP contribution in [0.25, 0.3) is 0 Å². The molecule has 1 aliphatic rings. The second-order valence-corrected chi connectivity index (χ2v) is 7.46. The van der Waals surface area contributed by atoms with Gasteiger partial charge in [-0.3, -0.25) is 4.79 Å². The number of alkyl halides is 3. The molecule has 1 amide bonds.